The molecule has 3 atom stereocenters. The number of hydrogen-bond acceptors (Lipinski definition) is 3. The molecular weight excluding hydrogens is 260 g/mol. The largest absolute Gasteiger partial charge is 0.481 e. The Balaban J connectivity index is 1.93. The summed E-state index contributed by atoms with van der Waals surface area (Å²) in [7, 11) is 0. The SMILES string of the molecule is CC(NC(=O)NC1CCCC1(C)C(=O)O)c1ncc[nH]1. The third kappa shape index (κ3) is 2.76. The van der Waals surface area contributed by atoms with Gasteiger partial charge in [-0.05, 0) is 26.7 Å². The number of aromatic nitrogens is 2. The average molecular weight is 280 g/mol. The molecule has 20 heavy (non-hydrogen) atoms. The number of carboxylic acids is 1. The number of H-pyrrole nitrogens is 1. The molecule has 0 aromatic carbocycles. The molecule has 0 aliphatic heterocycles. The van der Waals surface area contributed by atoms with Crippen LogP contribution in [0.25, 0.3) is 0 Å². The summed E-state index contributed by atoms with van der Waals surface area (Å²) in [6, 6.07) is -0.973. The number of carboxylic acid groups (broad SMARTS) is 1. The summed E-state index contributed by atoms with van der Waals surface area (Å²) in [6.45, 7) is 3.49. The van der Waals surface area contributed by atoms with E-state index in [1.807, 2.05) is 6.92 Å². The molecule has 1 aromatic rings. The van der Waals surface area contributed by atoms with E-state index in [-0.39, 0.29) is 18.1 Å². The molecule has 0 radical (unpaired) electrons. The minimum absolute atomic E-state index is 0.262. The standard InChI is InChI=1S/C13H20N4O3/c1-8(10-14-6-7-15-10)16-12(20)17-9-4-3-5-13(9,2)11(18)19/h6-9H,3-5H2,1-2H3,(H,14,15)(H,18,19)(H2,16,17,20). The first-order valence-corrected chi connectivity index (χ1v) is 6.73. The van der Waals surface area contributed by atoms with Crippen LogP contribution in [0.2, 0.25) is 0 Å². The Labute approximate surface area is 117 Å². The van der Waals surface area contributed by atoms with Gasteiger partial charge in [-0.2, -0.15) is 0 Å². The highest BCUT2D eigenvalue weighted by molar-refractivity contribution is 5.79. The van der Waals surface area contributed by atoms with E-state index in [9.17, 15) is 14.7 Å². The molecule has 4 N–H and O–H groups in total. The van der Waals surface area contributed by atoms with Crippen molar-refractivity contribution >= 4 is 12.0 Å². The molecular formula is C13H20N4O3. The molecule has 7 nitrogen and oxygen atoms in total. The Bertz CT molecular complexity index is 488. The van der Waals surface area contributed by atoms with Crippen molar-refractivity contribution in [1.82, 2.24) is 20.6 Å². The molecule has 110 valence electrons. The summed E-state index contributed by atoms with van der Waals surface area (Å²) >= 11 is 0. The fourth-order valence-corrected chi connectivity index (χ4v) is 2.63. The first-order valence-electron chi connectivity index (χ1n) is 6.73. The van der Waals surface area contributed by atoms with Gasteiger partial charge in [-0.3, -0.25) is 4.79 Å². The number of nitrogens with one attached hydrogen (secondary N) is 3. The maximum absolute atomic E-state index is 12.0. The highest BCUT2D eigenvalue weighted by Gasteiger charge is 2.45. The van der Waals surface area contributed by atoms with Crippen molar-refractivity contribution in [2.75, 3.05) is 0 Å². The van der Waals surface area contributed by atoms with E-state index in [1.165, 1.54) is 0 Å². The first kappa shape index (κ1) is 14.4. The fraction of sp³-hybridized carbons (Fsp3) is 0.615. The van der Waals surface area contributed by atoms with Crippen molar-refractivity contribution in [3.63, 3.8) is 0 Å². The van der Waals surface area contributed by atoms with Crippen molar-refractivity contribution in [2.24, 2.45) is 5.41 Å². The van der Waals surface area contributed by atoms with E-state index in [2.05, 4.69) is 20.6 Å². The lowest BCUT2D eigenvalue weighted by molar-refractivity contribution is -0.148. The Kier molecular flexibility index (Phi) is 3.96. The van der Waals surface area contributed by atoms with E-state index in [4.69, 9.17) is 0 Å². The Morgan fingerprint density at radius 1 is 1.60 bits per heavy atom. The summed E-state index contributed by atoms with van der Waals surface area (Å²) in [5.74, 6) is -0.202. The number of carbonyl (C=O) groups is 2. The normalized spacial score (nSPS) is 27.0. The summed E-state index contributed by atoms with van der Waals surface area (Å²) in [5.41, 5.74) is -0.884. The maximum atomic E-state index is 12.0. The van der Waals surface area contributed by atoms with Crippen LogP contribution in [-0.4, -0.2) is 33.1 Å². The number of imidazole rings is 1. The first-order chi connectivity index (χ1) is 9.43. The Morgan fingerprint density at radius 2 is 2.35 bits per heavy atom. The Hall–Kier alpha value is -2.05. The number of aromatic amines is 1. The molecule has 2 rings (SSSR count). The second-order valence-electron chi connectivity index (χ2n) is 5.48. The van der Waals surface area contributed by atoms with E-state index in [1.54, 1.807) is 19.3 Å². The average Bonchev–Trinajstić information content (AvgIpc) is 3.00. The van der Waals surface area contributed by atoms with Gasteiger partial charge in [0.1, 0.15) is 5.82 Å². The van der Waals surface area contributed by atoms with Gasteiger partial charge in [0.2, 0.25) is 0 Å². The van der Waals surface area contributed by atoms with Gasteiger partial charge >= 0.3 is 12.0 Å². The van der Waals surface area contributed by atoms with Crippen molar-refractivity contribution in [3.05, 3.63) is 18.2 Å². The minimum atomic E-state index is -0.884. The van der Waals surface area contributed by atoms with Gasteiger partial charge in [0, 0.05) is 18.4 Å². The molecule has 0 saturated heterocycles. The van der Waals surface area contributed by atoms with Crippen molar-refractivity contribution in [2.45, 2.75) is 45.2 Å². The van der Waals surface area contributed by atoms with Crippen molar-refractivity contribution < 1.29 is 14.7 Å². The van der Waals surface area contributed by atoms with Gasteiger partial charge in [0.05, 0.1) is 11.5 Å². The molecule has 7 heteroatoms. The van der Waals surface area contributed by atoms with Crippen LogP contribution >= 0.6 is 0 Å². The lowest BCUT2D eigenvalue weighted by Crippen LogP contribution is -2.50. The summed E-state index contributed by atoms with van der Waals surface area (Å²) in [5, 5.41) is 14.8. The van der Waals surface area contributed by atoms with Gasteiger partial charge in [0.25, 0.3) is 0 Å². The quantitative estimate of drug-likeness (QED) is 0.669. The molecule has 2 amide bonds. The molecule has 1 aliphatic rings. The zero-order chi connectivity index (χ0) is 14.8. The van der Waals surface area contributed by atoms with Crippen LogP contribution in [0, 0.1) is 5.41 Å². The summed E-state index contributed by atoms with van der Waals surface area (Å²) < 4.78 is 0. The van der Waals surface area contributed by atoms with E-state index in [0.717, 1.165) is 6.42 Å². The number of amides is 2. The molecule has 3 unspecified atom stereocenters. The minimum Gasteiger partial charge on any atom is -0.481 e. The number of nitrogens with zero attached hydrogens (tertiary/aromatic N) is 1. The van der Waals surface area contributed by atoms with Crippen LogP contribution < -0.4 is 10.6 Å². The predicted octanol–water partition coefficient (Wildman–Crippen LogP) is 1.41. The van der Waals surface area contributed by atoms with Crippen LogP contribution in [0.5, 0.6) is 0 Å². The number of hydrogen-bond donors (Lipinski definition) is 4. The van der Waals surface area contributed by atoms with Gasteiger partial charge in [-0.1, -0.05) is 6.42 Å². The van der Waals surface area contributed by atoms with Crippen molar-refractivity contribution in [1.29, 1.82) is 0 Å². The summed E-state index contributed by atoms with van der Waals surface area (Å²) in [4.78, 5) is 30.3. The molecule has 0 spiro atoms. The van der Waals surface area contributed by atoms with E-state index < -0.39 is 11.4 Å². The van der Waals surface area contributed by atoms with Gasteiger partial charge in [-0.15, -0.1) is 0 Å². The third-order valence-electron chi connectivity index (χ3n) is 4.03. The number of rotatable bonds is 4. The van der Waals surface area contributed by atoms with Crippen molar-refractivity contribution in [3.8, 4) is 0 Å². The van der Waals surface area contributed by atoms with Gasteiger partial charge in [0.15, 0.2) is 0 Å². The molecule has 1 saturated carbocycles. The zero-order valence-electron chi connectivity index (χ0n) is 11.6. The lowest BCUT2D eigenvalue weighted by Gasteiger charge is -2.28. The second-order valence-corrected chi connectivity index (χ2v) is 5.48. The Morgan fingerprint density at radius 3 is 2.95 bits per heavy atom. The molecule has 1 heterocycles. The molecule has 1 aliphatic carbocycles. The van der Waals surface area contributed by atoms with E-state index >= 15 is 0 Å². The summed E-state index contributed by atoms with van der Waals surface area (Å²) in [6.07, 6.45) is 5.38. The highest BCUT2D eigenvalue weighted by atomic mass is 16.4. The lowest BCUT2D eigenvalue weighted by atomic mass is 9.85. The van der Waals surface area contributed by atoms with Crippen LogP contribution in [0.15, 0.2) is 12.4 Å². The van der Waals surface area contributed by atoms with Crippen LogP contribution in [0.1, 0.15) is 45.0 Å². The number of urea groups is 1. The van der Waals surface area contributed by atoms with E-state index in [0.29, 0.717) is 18.7 Å². The molecule has 1 aromatic heterocycles. The smallest absolute Gasteiger partial charge is 0.315 e. The van der Waals surface area contributed by atoms with Crippen LogP contribution in [-0.2, 0) is 4.79 Å². The van der Waals surface area contributed by atoms with Crippen LogP contribution in [0.3, 0.4) is 0 Å². The maximum Gasteiger partial charge on any atom is 0.315 e. The fourth-order valence-electron chi connectivity index (χ4n) is 2.63. The molecule has 1 fully saturated rings. The highest BCUT2D eigenvalue weighted by Crippen LogP contribution is 2.38. The predicted molar refractivity (Wildman–Crippen MR) is 72.1 cm³/mol. The van der Waals surface area contributed by atoms with Crippen LogP contribution in [0.4, 0.5) is 4.79 Å². The molecule has 0 bridgehead atoms. The third-order valence-corrected chi connectivity index (χ3v) is 4.03. The zero-order valence-corrected chi connectivity index (χ0v) is 11.6. The number of aliphatic carboxylic acids is 1. The van der Waals surface area contributed by atoms with Gasteiger partial charge in [-0.25, -0.2) is 9.78 Å². The monoisotopic (exact) mass is 280 g/mol. The van der Waals surface area contributed by atoms with Gasteiger partial charge < -0.3 is 20.7 Å². The second kappa shape index (κ2) is 5.52. The number of carbonyl (C=O) groups excluding carboxylic acids is 1. The topological polar surface area (TPSA) is 107 Å².